The number of cyclic esters (lactones) is 5. The highest BCUT2D eigenvalue weighted by Gasteiger charge is 2.65. The second-order valence-corrected chi connectivity index (χ2v) is 38.8. The van der Waals surface area contributed by atoms with Crippen LogP contribution in [0.4, 0.5) is 0 Å². The number of fused-ring (bicyclic) bond motifs is 12. The number of hydrogen-bond acceptors (Lipinski definition) is 29. The number of ketones is 1. The van der Waals surface area contributed by atoms with Crippen LogP contribution in [-0.2, 0) is 140 Å². The van der Waals surface area contributed by atoms with Gasteiger partial charge in [-0.1, -0.05) is 104 Å². The molecule has 19 aliphatic rings. The van der Waals surface area contributed by atoms with E-state index in [0.717, 1.165) is 99.3 Å². The number of allylic oxidation sites excluding steroid dienone is 2. The van der Waals surface area contributed by atoms with Crippen LogP contribution in [0.3, 0.4) is 0 Å². The Morgan fingerprint density at radius 2 is 0.883 bits per heavy atom. The molecule has 0 aromatic heterocycles. The fourth-order valence-electron chi connectivity index (χ4n) is 22.2. The normalized spacial score (nSPS) is 35.0. The van der Waals surface area contributed by atoms with Gasteiger partial charge in [0.25, 0.3) is 31.5 Å². The summed E-state index contributed by atoms with van der Waals surface area (Å²) < 4.78 is 86.6. The van der Waals surface area contributed by atoms with Gasteiger partial charge in [0.1, 0.15) is 48.0 Å². The number of benzene rings is 1. The summed E-state index contributed by atoms with van der Waals surface area (Å²) in [5.41, 5.74) is 13.7. The highest BCUT2D eigenvalue weighted by molar-refractivity contribution is 5.97. The van der Waals surface area contributed by atoms with Gasteiger partial charge < -0.3 is 85.7 Å². The predicted molar refractivity (Wildman–Crippen MR) is 448 cm³/mol. The number of rotatable bonds is 14. The average Bonchev–Trinajstić information content (AvgIpc) is 1.55. The Morgan fingerprint density at radius 1 is 0.445 bits per heavy atom. The van der Waals surface area contributed by atoms with E-state index in [-0.39, 0.29) is 123 Å². The molecule has 5 saturated heterocycles. The third-order valence-corrected chi connectivity index (χ3v) is 28.6. The van der Waals surface area contributed by atoms with Crippen LogP contribution >= 0.6 is 0 Å². The first kappa shape index (κ1) is 89.8. The fraction of sp³-hybridized carbons (Fsp3) is 0.535. The Kier molecular flexibility index (Phi) is 24.1. The molecule has 680 valence electrons. The van der Waals surface area contributed by atoms with Crippen molar-refractivity contribution in [3.63, 3.8) is 0 Å². The zero-order valence-electron chi connectivity index (χ0n) is 74.7. The molecular weight excluding hydrogens is 1650 g/mol. The Hall–Kier alpha value is -11.6. The summed E-state index contributed by atoms with van der Waals surface area (Å²) in [6.07, 6.45) is 24.7. The Balaban J connectivity index is 0.000000118. The van der Waals surface area contributed by atoms with E-state index in [1.807, 2.05) is 45.0 Å². The molecule has 0 spiro atoms. The van der Waals surface area contributed by atoms with Gasteiger partial charge in [-0.15, -0.1) is 0 Å². The van der Waals surface area contributed by atoms with Gasteiger partial charge in [-0.3, -0.25) is 4.79 Å². The molecular formula is C99H110O29. The number of ether oxygens (including phenoxy) is 16. The summed E-state index contributed by atoms with van der Waals surface area (Å²) in [6.45, 7) is 28.6. The maximum atomic E-state index is 12.6. The van der Waals surface area contributed by atoms with Gasteiger partial charge in [0.15, 0.2) is 0 Å². The van der Waals surface area contributed by atoms with Gasteiger partial charge >= 0.3 is 65.7 Å². The second kappa shape index (κ2) is 34.4. The van der Waals surface area contributed by atoms with Crippen LogP contribution in [0.15, 0.2) is 187 Å². The minimum absolute atomic E-state index is 0.0297. The first-order valence-electron chi connectivity index (χ1n) is 44.3. The zero-order valence-corrected chi connectivity index (χ0v) is 74.7. The van der Waals surface area contributed by atoms with Crippen LogP contribution in [0, 0.1) is 57.2 Å². The van der Waals surface area contributed by atoms with Gasteiger partial charge in [-0.05, 0) is 192 Å². The number of carbonyl (C=O) groups is 12. The quantitative estimate of drug-likeness (QED) is 0.0594. The van der Waals surface area contributed by atoms with Crippen molar-refractivity contribution in [1.29, 1.82) is 0 Å². The maximum absolute atomic E-state index is 12.6. The zero-order chi connectivity index (χ0) is 91.4. The number of esters is 11. The summed E-state index contributed by atoms with van der Waals surface area (Å²) in [6, 6.07) is 7.97. The van der Waals surface area contributed by atoms with E-state index in [2.05, 4.69) is 47.6 Å². The Bertz CT molecular complexity index is 5390. The summed E-state index contributed by atoms with van der Waals surface area (Å²) >= 11 is 0. The third kappa shape index (κ3) is 16.7. The van der Waals surface area contributed by atoms with Crippen molar-refractivity contribution in [2.24, 2.45) is 57.2 Å². The summed E-state index contributed by atoms with van der Waals surface area (Å²) in [5.74, 6) is -5.05. The number of hydrogen-bond donors (Lipinski definition) is 1. The largest absolute Gasteiger partial charge is 0.458 e. The van der Waals surface area contributed by atoms with E-state index in [1.54, 1.807) is 65.0 Å². The molecule has 0 amide bonds. The number of aliphatic hydroxyl groups is 1. The molecule has 1 aromatic carbocycles. The highest BCUT2D eigenvalue weighted by atomic mass is 16.7. The lowest BCUT2D eigenvalue weighted by Crippen LogP contribution is -2.55. The third-order valence-electron chi connectivity index (χ3n) is 28.6. The summed E-state index contributed by atoms with van der Waals surface area (Å²) in [5, 5.41) is 11.4. The van der Waals surface area contributed by atoms with Crippen molar-refractivity contribution in [1.82, 2.24) is 0 Å². The molecule has 20 rings (SSSR count). The summed E-state index contributed by atoms with van der Waals surface area (Å²) in [4.78, 5) is 143. The van der Waals surface area contributed by atoms with Crippen LogP contribution < -0.4 is 0 Å². The monoisotopic (exact) mass is 1760 g/mol. The van der Waals surface area contributed by atoms with Gasteiger partial charge in [-0.25, -0.2) is 47.9 Å². The van der Waals surface area contributed by atoms with Crippen LogP contribution in [0.5, 0.6) is 0 Å². The number of Topliss-reactive ketones (excluding diaryl/α,β-unsaturated/α-hetero) is 1. The molecule has 18 atom stereocenters. The number of carbonyl (C=O) groups excluding carboxylic acids is 12. The van der Waals surface area contributed by atoms with Crippen molar-refractivity contribution in [3.05, 3.63) is 198 Å². The molecule has 6 fully saturated rings. The molecule has 29 heteroatoms. The lowest BCUT2D eigenvalue weighted by molar-refractivity contribution is -0.164. The Labute approximate surface area is 741 Å². The smallest absolute Gasteiger partial charge is 0.338 e. The molecule has 10 heterocycles. The molecule has 10 aliphatic heterocycles. The van der Waals surface area contributed by atoms with E-state index in [0.29, 0.717) is 75.0 Å². The van der Waals surface area contributed by atoms with Gasteiger partial charge in [0, 0.05) is 101 Å². The topological polar surface area (TPSA) is 373 Å². The van der Waals surface area contributed by atoms with Crippen molar-refractivity contribution >= 4 is 71.4 Å². The molecule has 29 nitrogen and oxygen atoms in total. The van der Waals surface area contributed by atoms with E-state index in [1.165, 1.54) is 72.5 Å². The Morgan fingerprint density at radius 3 is 1.41 bits per heavy atom. The maximum Gasteiger partial charge on any atom is 0.338 e. The first-order valence-corrected chi connectivity index (χ1v) is 44.3. The van der Waals surface area contributed by atoms with Crippen molar-refractivity contribution in [2.75, 3.05) is 0 Å². The van der Waals surface area contributed by atoms with Gasteiger partial charge in [-0.2, -0.15) is 0 Å². The molecule has 0 bridgehead atoms. The minimum Gasteiger partial charge on any atom is -0.458 e. The fourth-order valence-corrected chi connectivity index (χ4v) is 22.2. The standard InChI is InChI=1S/C22H26O6.C21H24O7.C19H22O6.C19H22O5.C18H16O5/c1-11-8-16(27-20(11)24)26-10-15-17-14(9-12(2)23)13-6-5-7-22(3,4)18(13)19(17)28-21(15)25;1-10-7-16(27-19(10)23)25-9-14-12-8-13-15(26-11(2)22)5-6-21(3,4)17(13)18(12)28-20(14)24;1-10-7-14(24-16(10)20)23-9-13-12-8-11-5-4-6-18(2,3)19(11,22)15(12)25-17(13)21;1-10-7-14(23-17(10)20)22-9-13-12-8-11-5-4-6-19(2,3)15(11)16(12)24-18(13)21;1-2-10-8-15(22-17(10)19)21-9-14-13-7-11-5-3-4-6-12(11)16(13)23-18(14)20/h8,10,14,16-17,19H,5-7,9H2,1-4H3;7,9,12,15-16,18H,5-6,8H2,1-4H3;7-9,12,14-15,22H,4-6H2,1-3H3;7,9,12,14,16H,4-6,8H2,1-3H3;3-6,8-9,13,15-16H,2,7H2,1H3/b15-10+;14-9+;2*13-9+;14-9+/t14-,16?,17-,19+;12-,15+,16-,18+;12-,14-,15+,19?;12-,14?,16+;13-,15-,16-/m11111/s1. The van der Waals surface area contributed by atoms with Crippen molar-refractivity contribution in [3.8, 4) is 0 Å². The molecule has 1 aromatic rings. The highest BCUT2D eigenvalue weighted by Crippen LogP contribution is 2.62. The van der Waals surface area contributed by atoms with Gasteiger partial charge in [0.05, 0.1) is 65.1 Å². The second-order valence-electron chi connectivity index (χ2n) is 38.8. The molecule has 0 radical (unpaired) electrons. The van der Waals surface area contributed by atoms with E-state index < -0.39 is 79.0 Å². The van der Waals surface area contributed by atoms with Crippen molar-refractivity contribution in [2.45, 2.75) is 280 Å². The van der Waals surface area contributed by atoms with Crippen molar-refractivity contribution < 1.29 is 138 Å². The van der Waals surface area contributed by atoms with E-state index in [4.69, 9.17) is 75.8 Å². The minimum atomic E-state index is -1.14. The summed E-state index contributed by atoms with van der Waals surface area (Å²) in [7, 11) is 0. The van der Waals surface area contributed by atoms with Crippen LogP contribution in [0.25, 0.3) is 0 Å². The van der Waals surface area contributed by atoms with Crippen LogP contribution in [0.1, 0.15) is 217 Å². The molecule has 1 N–H and O–H groups in total. The van der Waals surface area contributed by atoms with E-state index in [9.17, 15) is 62.6 Å². The van der Waals surface area contributed by atoms with E-state index >= 15 is 0 Å². The SMILES string of the molecule is CC(=O)C[C@@H]1C2=C([C@H]3OC(=O)/C(=C/OC4C=C(C)C(=O)O4)[C@@H]13)C(C)(C)CCC2.CC(=O)O[C@H]1CCC(C)(C)C2=C1C[C@@H]1/C(=C\O[C@H]3C=C(C)C(=O)O3)C(=O)O[C@H]21.CC1=CC(O/C=C2/C(=O)O[C@@H]3C4=C(CCCC4(C)C)C[C@H]23)OC1=O.CC1=C[C@H](O/C=C2/C(=O)O[C@H]3[C@@H]2C=C2CCCC(C)(C)C23O)OC1=O.CCC1=C[C@H](O/C=C2/C(=O)O[C@@H]3c4ccccc4C[C@H]23)OC1=O. The lowest BCUT2D eigenvalue weighted by Gasteiger charge is -2.48. The molecule has 9 aliphatic carbocycles. The predicted octanol–water partition coefficient (Wildman–Crippen LogP) is 14.0. The van der Waals surface area contributed by atoms with Crippen LogP contribution in [0.2, 0.25) is 0 Å². The first-order chi connectivity index (χ1) is 60.6. The molecule has 1 saturated carbocycles. The lowest BCUT2D eigenvalue weighted by atomic mass is 9.62. The molecule has 128 heavy (non-hydrogen) atoms. The van der Waals surface area contributed by atoms with Crippen LogP contribution in [-0.4, -0.2) is 144 Å². The average molecular weight is 1760 g/mol. The van der Waals surface area contributed by atoms with Gasteiger partial charge in [0.2, 0.25) is 0 Å². The molecule has 3 unspecified atom stereocenters.